The lowest BCUT2D eigenvalue weighted by molar-refractivity contribution is -0.152. The van der Waals surface area contributed by atoms with E-state index in [2.05, 4.69) is 0 Å². The summed E-state index contributed by atoms with van der Waals surface area (Å²) in [6.07, 6.45) is 1.33. The Bertz CT molecular complexity index is 1640. The molecule has 0 radical (unpaired) electrons. The van der Waals surface area contributed by atoms with Crippen LogP contribution in [-0.4, -0.2) is 50.2 Å². The number of benzene rings is 3. The van der Waals surface area contributed by atoms with Crippen molar-refractivity contribution in [3.63, 3.8) is 0 Å². The van der Waals surface area contributed by atoms with Crippen LogP contribution in [0.1, 0.15) is 46.5 Å². The van der Waals surface area contributed by atoms with E-state index in [0.717, 1.165) is 4.90 Å². The molecule has 9 heteroatoms. The third-order valence-electron chi connectivity index (χ3n) is 8.15. The van der Waals surface area contributed by atoms with Gasteiger partial charge in [-0.25, -0.2) is 4.90 Å². The molecule has 43 heavy (non-hydrogen) atoms. The molecule has 0 aromatic heterocycles. The monoisotopic (exact) mass is 581 g/mol. The summed E-state index contributed by atoms with van der Waals surface area (Å²) in [6.45, 7) is 2.89. The van der Waals surface area contributed by atoms with Gasteiger partial charge in [0.05, 0.1) is 26.5 Å². The predicted octanol–water partition coefficient (Wildman–Crippen LogP) is 4.73. The highest BCUT2D eigenvalue weighted by Crippen LogP contribution is 2.58. The summed E-state index contributed by atoms with van der Waals surface area (Å²) < 4.78 is 15.9. The van der Waals surface area contributed by atoms with Crippen LogP contribution in [0.15, 0.2) is 84.4 Å². The van der Waals surface area contributed by atoms with Crippen molar-refractivity contribution in [2.75, 3.05) is 25.7 Å². The molecule has 0 bridgehead atoms. The molecule has 0 fully saturated rings. The van der Waals surface area contributed by atoms with Crippen LogP contribution in [0.4, 0.5) is 5.69 Å². The molecule has 9 nitrogen and oxygen atoms in total. The number of carbonyl (C=O) groups is 5. The van der Waals surface area contributed by atoms with Gasteiger partial charge in [0.25, 0.3) is 0 Å². The number of methoxy groups -OCH3 is 2. The van der Waals surface area contributed by atoms with E-state index in [1.54, 1.807) is 85.8 Å². The Hall–Kier alpha value is -5.05. The molecule has 0 unspecified atom stereocenters. The number of anilines is 1. The second-order valence-electron chi connectivity index (χ2n) is 10.4. The average molecular weight is 582 g/mol. The van der Waals surface area contributed by atoms with E-state index in [-0.39, 0.29) is 29.9 Å². The fourth-order valence-electron chi connectivity index (χ4n) is 6.25. The Morgan fingerprint density at radius 2 is 1.42 bits per heavy atom. The van der Waals surface area contributed by atoms with E-state index in [4.69, 9.17) is 14.2 Å². The second kappa shape index (κ2) is 11.7. The van der Waals surface area contributed by atoms with E-state index in [9.17, 15) is 24.0 Å². The van der Waals surface area contributed by atoms with Gasteiger partial charge in [0.15, 0.2) is 11.6 Å². The van der Waals surface area contributed by atoms with Gasteiger partial charge in [0.2, 0.25) is 11.8 Å². The summed E-state index contributed by atoms with van der Waals surface area (Å²) in [4.78, 5) is 70.2. The number of imide groups is 1. The molecule has 3 aromatic rings. The summed E-state index contributed by atoms with van der Waals surface area (Å²) in [5.74, 6) is -4.07. The molecule has 0 saturated carbocycles. The summed E-state index contributed by atoms with van der Waals surface area (Å²) in [7, 11) is 3.02. The SMILES string of the molecule is CCOC(=O)[C@H]1C(C(=O)c2ccc(OC)cc2)=C[C@@H](CC(=O)c2ccc(OC)cc2)[C@@]12C(=O)N(C(C)=O)c1ccccc12. The number of ketones is 2. The Balaban J connectivity index is 1.71. The number of fused-ring (bicyclic) bond motifs is 2. The van der Waals surface area contributed by atoms with Crippen LogP contribution in [0, 0.1) is 11.8 Å². The molecule has 1 heterocycles. The van der Waals surface area contributed by atoms with Crippen LogP contribution in [0.5, 0.6) is 11.5 Å². The second-order valence-corrected chi connectivity index (χ2v) is 10.4. The molecule has 1 aliphatic heterocycles. The van der Waals surface area contributed by atoms with Gasteiger partial charge in [-0.1, -0.05) is 24.3 Å². The van der Waals surface area contributed by atoms with E-state index >= 15 is 0 Å². The van der Waals surface area contributed by atoms with Gasteiger partial charge >= 0.3 is 5.97 Å². The molecule has 3 aromatic carbocycles. The molecule has 1 spiro atoms. The zero-order valence-electron chi connectivity index (χ0n) is 24.3. The first kappa shape index (κ1) is 29.4. The van der Waals surface area contributed by atoms with Crippen molar-refractivity contribution in [2.24, 2.45) is 11.8 Å². The number of para-hydroxylation sites is 1. The van der Waals surface area contributed by atoms with Crippen molar-refractivity contribution in [3.8, 4) is 11.5 Å². The van der Waals surface area contributed by atoms with Gasteiger partial charge in [-0.15, -0.1) is 0 Å². The van der Waals surface area contributed by atoms with Gasteiger partial charge in [-0.3, -0.25) is 24.0 Å². The minimum absolute atomic E-state index is 0.00285. The minimum Gasteiger partial charge on any atom is -0.497 e. The lowest BCUT2D eigenvalue weighted by Crippen LogP contribution is -2.52. The average Bonchev–Trinajstić information content (AvgIpc) is 3.49. The van der Waals surface area contributed by atoms with Gasteiger partial charge in [-0.05, 0) is 67.1 Å². The first-order chi connectivity index (χ1) is 20.7. The fraction of sp³-hybridized carbons (Fsp3) is 0.265. The highest BCUT2D eigenvalue weighted by atomic mass is 16.5. The largest absolute Gasteiger partial charge is 0.497 e. The Kier molecular flexibility index (Phi) is 8.00. The van der Waals surface area contributed by atoms with Crippen molar-refractivity contribution in [1.82, 2.24) is 0 Å². The molecule has 1 aliphatic carbocycles. The van der Waals surface area contributed by atoms with Crippen LogP contribution in [-0.2, 0) is 24.5 Å². The molecule has 220 valence electrons. The Morgan fingerprint density at radius 1 is 0.837 bits per heavy atom. The van der Waals surface area contributed by atoms with Crippen molar-refractivity contribution >= 4 is 35.0 Å². The maximum atomic E-state index is 14.6. The van der Waals surface area contributed by atoms with Crippen LogP contribution in [0.25, 0.3) is 0 Å². The molecule has 5 rings (SSSR count). The quantitative estimate of drug-likeness (QED) is 0.263. The lowest BCUT2D eigenvalue weighted by atomic mass is 9.64. The van der Waals surface area contributed by atoms with Gasteiger partial charge < -0.3 is 14.2 Å². The summed E-state index contributed by atoms with van der Waals surface area (Å²) in [5, 5.41) is 0. The van der Waals surface area contributed by atoms with Crippen molar-refractivity contribution in [3.05, 3.63) is 101 Å². The van der Waals surface area contributed by atoms with E-state index in [0.29, 0.717) is 28.3 Å². The fourth-order valence-corrected chi connectivity index (χ4v) is 6.25. The Morgan fingerprint density at radius 3 is 1.98 bits per heavy atom. The van der Waals surface area contributed by atoms with Gasteiger partial charge in [-0.2, -0.15) is 0 Å². The highest BCUT2D eigenvalue weighted by molar-refractivity contribution is 6.26. The number of hydrogen-bond donors (Lipinski definition) is 0. The molecule has 2 amide bonds. The topological polar surface area (TPSA) is 116 Å². The van der Waals surface area contributed by atoms with Crippen LogP contribution >= 0.6 is 0 Å². The first-order valence-corrected chi connectivity index (χ1v) is 13.9. The smallest absolute Gasteiger partial charge is 0.315 e. The number of ether oxygens (including phenoxy) is 3. The third kappa shape index (κ3) is 4.80. The number of amides is 2. The van der Waals surface area contributed by atoms with Gasteiger partial charge in [0.1, 0.15) is 22.8 Å². The maximum Gasteiger partial charge on any atom is 0.315 e. The first-order valence-electron chi connectivity index (χ1n) is 13.9. The van der Waals surface area contributed by atoms with Gasteiger partial charge in [0, 0.05) is 36.0 Å². The third-order valence-corrected chi connectivity index (χ3v) is 8.15. The van der Waals surface area contributed by atoms with E-state index in [1.165, 1.54) is 21.1 Å². The zero-order valence-corrected chi connectivity index (χ0v) is 24.3. The number of rotatable bonds is 9. The highest BCUT2D eigenvalue weighted by Gasteiger charge is 2.67. The molecule has 2 aliphatic rings. The standard InChI is InChI=1S/C34H31NO8/c1-5-43-32(39)30-26(31(38)22-12-16-25(42-4)17-13-22)18-23(19-29(37)21-10-14-24(41-3)15-11-21)34(30)27-8-6-7-9-28(27)35(20(2)36)33(34)40/h6-18,23,30H,5,19H2,1-4H3/t23-,30+,34-/m0/s1. The van der Waals surface area contributed by atoms with Crippen molar-refractivity contribution in [1.29, 1.82) is 0 Å². The van der Waals surface area contributed by atoms with Crippen molar-refractivity contribution in [2.45, 2.75) is 25.7 Å². The molecule has 3 atom stereocenters. The number of hydrogen-bond acceptors (Lipinski definition) is 8. The molecular formula is C34H31NO8. The number of nitrogens with zero attached hydrogens (tertiary/aromatic N) is 1. The number of esters is 1. The molecule has 0 N–H and O–H groups in total. The summed E-state index contributed by atoms with van der Waals surface area (Å²) in [5.41, 5.74) is -0.411. The van der Waals surface area contributed by atoms with Crippen LogP contribution < -0.4 is 14.4 Å². The number of allylic oxidation sites excluding steroid dienone is 1. The summed E-state index contributed by atoms with van der Waals surface area (Å²) >= 11 is 0. The minimum atomic E-state index is -1.77. The van der Waals surface area contributed by atoms with E-state index in [1.807, 2.05) is 0 Å². The molecular weight excluding hydrogens is 550 g/mol. The Labute approximate surface area is 249 Å². The zero-order chi connectivity index (χ0) is 30.9. The van der Waals surface area contributed by atoms with Crippen LogP contribution in [0.3, 0.4) is 0 Å². The normalized spacial score (nSPS) is 20.4. The van der Waals surface area contributed by atoms with E-state index < -0.39 is 40.8 Å². The van der Waals surface area contributed by atoms with Crippen molar-refractivity contribution < 1.29 is 38.2 Å². The lowest BCUT2D eigenvalue weighted by Gasteiger charge is -2.35. The molecule has 0 saturated heterocycles. The predicted molar refractivity (Wildman–Crippen MR) is 157 cm³/mol. The maximum absolute atomic E-state index is 14.6. The summed E-state index contributed by atoms with van der Waals surface area (Å²) in [6, 6.07) is 19.6. The number of Topliss-reactive ketones (excluding diaryl/α,β-unsaturated/α-hetero) is 2. The van der Waals surface area contributed by atoms with Crippen LogP contribution in [0.2, 0.25) is 0 Å². The number of carbonyl (C=O) groups excluding carboxylic acids is 5.